The van der Waals surface area contributed by atoms with E-state index in [-0.39, 0.29) is 11.0 Å². The van der Waals surface area contributed by atoms with Crippen LogP contribution in [0.1, 0.15) is 46.5 Å². The molecule has 1 saturated carbocycles. The summed E-state index contributed by atoms with van der Waals surface area (Å²) in [6.45, 7) is 6.42. The van der Waals surface area contributed by atoms with Gasteiger partial charge in [0.2, 0.25) is 0 Å². The highest BCUT2D eigenvalue weighted by molar-refractivity contribution is 5.93. The third kappa shape index (κ3) is 3.10. The second-order valence-electron chi connectivity index (χ2n) is 5.01. The van der Waals surface area contributed by atoms with E-state index < -0.39 is 5.97 Å². The Bertz CT molecular complexity index is 347. The van der Waals surface area contributed by atoms with Gasteiger partial charge in [0.15, 0.2) is 0 Å². The Balaban J connectivity index is 2.92. The van der Waals surface area contributed by atoms with E-state index in [2.05, 4.69) is 13.8 Å². The van der Waals surface area contributed by atoms with Crippen LogP contribution >= 0.6 is 0 Å². The van der Waals surface area contributed by atoms with E-state index in [1.165, 1.54) is 0 Å². The fourth-order valence-corrected chi connectivity index (χ4v) is 2.22. The Hall–Kier alpha value is -1.30. The summed E-state index contributed by atoms with van der Waals surface area (Å²) in [6.07, 6.45) is 3.88. The van der Waals surface area contributed by atoms with Gasteiger partial charge in [0.05, 0.1) is 6.61 Å². The Labute approximate surface area is 97.1 Å². The van der Waals surface area contributed by atoms with Gasteiger partial charge in [-0.25, -0.2) is 4.79 Å². The molecule has 0 unspecified atom stereocenters. The Morgan fingerprint density at radius 2 is 2.25 bits per heavy atom. The highest BCUT2D eigenvalue weighted by Crippen LogP contribution is 2.39. The van der Waals surface area contributed by atoms with Crippen molar-refractivity contribution in [3.05, 3.63) is 11.1 Å². The smallest absolute Gasteiger partial charge is 0.348 e. The zero-order valence-corrected chi connectivity index (χ0v) is 10.3. The lowest BCUT2D eigenvalue weighted by atomic mass is 9.74. The number of hydrogen-bond donors (Lipinski definition) is 0. The van der Waals surface area contributed by atoms with Gasteiger partial charge in [0.1, 0.15) is 11.6 Å². The summed E-state index contributed by atoms with van der Waals surface area (Å²) in [6, 6.07) is 2.00. The molecule has 0 spiro atoms. The van der Waals surface area contributed by atoms with E-state index in [1.807, 2.05) is 6.07 Å². The molecule has 3 nitrogen and oxygen atoms in total. The minimum absolute atomic E-state index is 0.197. The van der Waals surface area contributed by atoms with Gasteiger partial charge in [-0.3, -0.25) is 0 Å². The third-order valence-corrected chi connectivity index (χ3v) is 2.97. The molecular formula is C13H19NO2. The summed E-state index contributed by atoms with van der Waals surface area (Å²) in [5, 5.41) is 9.04. The molecule has 16 heavy (non-hydrogen) atoms. The Kier molecular flexibility index (Phi) is 4.12. The molecule has 0 N–H and O–H groups in total. The summed E-state index contributed by atoms with van der Waals surface area (Å²) < 4.78 is 4.90. The number of allylic oxidation sites excluding steroid dienone is 1. The molecule has 0 heterocycles. The predicted molar refractivity (Wildman–Crippen MR) is 61.5 cm³/mol. The Morgan fingerprint density at radius 3 is 2.75 bits per heavy atom. The molecule has 0 aromatic heterocycles. The van der Waals surface area contributed by atoms with Gasteiger partial charge in [0.25, 0.3) is 0 Å². The number of rotatable bonds is 2. The van der Waals surface area contributed by atoms with Crippen molar-refractivity contribution in [1.82, 2.24) is 0 Å². The van der Waals surface area contributed by atoms with Gasteiger partial charge in [-0.1, -0.05) is 13.8 Å². The van der Waals surface area contributed by atoms with Crippen LogP contribution in [0.4, 0.5) is 0 Å². The fraction of sp³-hybridized carbons (Fsp3) is 0.692. The molecule has 0 aromatic carbocycles. The van der Waals surface area contributed by atoms with Crippen LogP contribution in [-0.2, 0) is 9.53 Å². The van der Waals surface area contributed by atoms with E-state index in [1.54, 1.807) is 6.92 Å². The number of nitriles is 1. The van der Waals surface area contributed by atoms with Gasteiger partial charge < -0.3 is 4.74 Å². The first-order valence-electron chi connectivity index (χ1n) is 5.79. The number of ether oxygens (including phenoxy) is 1. The van der Waals surface area contributed by atoms with Gasteiger partial charge in [0, 0.05) is 0 Å². The van der Waals surface area contributed by atoms with Gasteiger partial charge in [-0.05, 0) is 43.6 Å². The quantitative estimate of drug-likeness (QED) is 0.409. The lowest BCUT2D eigenvalue weighted by Gasteiger charge is -2.31. The minimum Gasteiger partial charge on any atom is -0.462 e. The van der Waals surface area contributed by atoms with Crippen LogP contribution in [0.3, 0.4) is 0 Å². The van der Waals surface area contributed by atoms with Crippen molar-refractivity contribution in [2.75, 3.05) is 6.61 Å². The first-order valence-corrected chi connectivity index (χ1v) is 5.79. The zero-order chi connectivity index (χ0) is 12.2. The molecule has 0 bridgehead atoms. The molecule has 0 atom stereocenters. The minimum atomic E-state index is -0.460. The van der Waals surface area contributed by atoms with Gasteiger partial charge in [-0.2, -0.15) is 5.26 Å². The molecule has 0 saturated heterocycles. The second-order valence-corrected chi connectivity index (χ2v) is 5.01. The van der Waals surface area contributed by atoms with Crippen molar-refractivity contribution in [2.45, 2.75) is 46.5 Å². The first kappa shape index (κ1) is 12.8. The standard InChI is InChI=1S/C13H19NO2/c1-4-16-12(15)11(9-14)10-6-5-7-13(2,3)8-10/h4-8H2,1-3H3/b11-10-. The second kappa shape index (κ2) is 5.16. The highest BCUT2D eigenvalue weighted by Gasteiger charge is 2.28. The van der Waals surface area contributed by atoms with Crippen molar-refractivity contribution in [3.8, 4) is 6.07 Å². The number of carbonyl (C=O) groups excluding carboxylic acids is 1. The molecule has 0 aromatic rings. The number of nitrogens with zero attached hydrogens (tertiary/aromatic N) is 1. The molecule has 1 aliphatic carbocycles. The average Bonchev–Trinajstić information content (AvgIpc) is 2.17. The van der Waals surface area contributed by atoms with Crippen molar-refractivity contribution in [2.24, 2.45) is 5.41 Å². The van der Waals surface area contributed by atoms with Gasteiger partial charge >= 0.3 is 5.97 Å². The summed E-state index contributed by atoms with van der Waals surface area (Å²) in [7, 11) is 0. The monoisotopic (exact) mass is 221 g/mol. The van der Waals surface area contributed by atoms with Crippen molar-refractivity contribution in [3.63, 3.8) is 0 Å². The van der Waals surface area contributed by atoms with E-state index in [0.717, 1.165) is 31.3 Å². The zero-order valence-electron chi connectivity index (χ0n) is 10.3. The van der Waals surface area contributed by atoms with E-state index >= 15 is 0 Å². The Morgan fingerprint density at radius 1 is 1.56 bits per heavy atom. The fourth-order valence-electron chi connectivity index (χ4n) is 2.22. The maximum Gasteiger partial charge on any atom is 0.348 e. The molecule has 1 rings (SSSR count). The maximum absolute atomic E-state index is 11.6. The SMILES string of the molecule is CCOC(=O)/C(C#N)=C1/CCCC(C)(C)C1. The third-order valence-electron chi connectivity index (χ3n) is 2.97. The molecule has 1 fully saturated rings. The van der Waals surface area contributed by atoms with Crippen molar-refractivity contribution >= 4 is 5.97 Å². The summed E-state index contributed by atoms with van der Waals surface area (Å²) >= 11 is 0. The average molecular weight is 221 g/mol. The maximum atomic E-state index is 11.6. The van der Waals surface area contributed by atoms with Crippen molar-refractivity contribution < 1.29 is 9.53 Å². The topological polar surface area (TPSA) is 50.1 Å². The molecule has 0 radical (unpaired) electrons. The van der Waals surface area contributed by atoms with Crippen LogP contribution in [0.2, 0.25) is 0 Å². The van der Waals surface area contributed by atoms with Crippen LogP contribution in [0.15, 0.2) is 11.1 Å². The molecule has 88 valence electrons. The number of hydrogen-bond acceptors (Lipinski definition) is 3. The summed E-state index contributed by atoms with van der Waals surface area (Å²) in [4.78, 5) is 11.6. The van der Waals surface area contributed by atoms with Crippen LogP contribution in [-0.4, -0.2) is 12.6 Å². The summed E-state index contributed by atoms with van der Waals surface area (Å²) in [5.41, 5.74) is 1.40. The van der Waals surface area contributed by atoms with Crippen molar-refractivity contribution in [1.29, 1.82) is 5.26 Å². The van der Waals surface area contributed by atoms with Crippen LogP contribution < -0.4 is 0 Å². The molecule has 0 amide bonds. The van der Waals surface area contributed by atoms with Crippen LogP contribution in [0.25, 0.3) is 0 Å². The molecule has 0 aliphatic heterocycles. The lowest BCUT2D eigenvalue weighted by molar-refractivity contribution is -0.138. The number of esters is 1. The van der Waals surface area contributed by atoms with E-state index in [0.29, 0.717) is 6.61 Å². The highest BCUT2D eigenvalue weighted by atomic mass is 16.5. The normalized spacial score (nSPS) is 22.1. The van der Waals surface area contributed by atoms with E-state index in [4.69, 9.17) is 10.00 Å². The lowest BCUT2D eigenvalue weighted by Crippen LogP contribution is -2.20. The predicted octanol–water partition coefficient (Wildman–Crippen LogP) is 2.97. The largest absolute Gasteiger partial charge is 0.462 e. The summed E-state index contributed by atoms with van der Waals surface area (Å²) in [5.74, 6) is -0.460. The number of carbonyl (C=O) groups is 1. The molecule has 3 heteroatoms. The van der Waals surface area contributed by atoms with Gasteiger partial charge in [-0.15, -0.1) is 0 Å². The first-order chi connectivity index (χ1) is 7.50. The molecule has 1 aliphatic rings. The van der Waals surface area contributed by atoms with E-state index in [9.17, 15) is 4.79 Å². The molecular weight excluding hydrogens is 202 g/mol. The van der Waals surface area contributed by atoms with Crippen LogP contribution in [0, 0.1) is 16.7 Å². The van der Waals surface area contributed by atoms with Crippen LogP contribution in [0.5, 0.6) is 0 Å².